The largest absolute Gasteiger partial charge is 0.394 e. The lowest BCUT2D eigenvalue weighted by molar-refractivity contribution is 0.0587. The van der Waals surface area contributed by atoms with Crippen LogP contribution in [-0.2, 0) is 20.1 Å². The van der Waals surface area contributed by atoms with Crippen LogP contribution in [0.4, 0.5) is 0 Å². The highest BCUT2D eigenvalue weighted by atomic mass is 32.3. The van der Waals surface area contributed by atoms with Gasteiger partial charge in [0, 0.05) is 13.1 Å². The quantitative estimate of drug-likeness (QED) is 0.225. The Bertz CT molecular complexity index is 260. The van der Waals surface area contributed by atoms with Gasteiger partial charge in [-0.25, -0.2) is 0 Å². The zero-order valence-electron chi connectivity index (χ0n) is 11.3. The highest BCUT2D eigenvalue weighted by molar-refractivity contribution is 7.79. The molecular weight excluding hydrogens is 276 g/mol. The Morgan fingerprint density at radius 1 is 1.00 bits per heavy atom. The lowest BCUT2D eigenvalue weighted by Gasteiger charge is -1.95. The van der Waals surface area contributed by atoms with E-state index in [4.69, 9.17) is 27.2 Å². The van der Waals surface area contributed by atoms with Crippen molar-refractivity contribution in [2.24, 2.45) is 0 Å². The van der Waals surface area contributed by atoms with Gasteiger partial charge in [-0.3, -0.25) is 9.11 Å². The normalized spacial score (nSPS) is 9.47. The van der Waals surface area contributed by atoms with Crippen LogP contribution >= 0.6 is 0 Å². The van der Waals surface area contributed by atoms with Gasteiger partial charge in [0.15, 0.2) is 0 Å². The predicted octanol–water partition coefficient (Wildman–Crippen LogP) is 0.774. The van der Waals surface area contributed by atoms with Gasteiger partial charge in [-0.15, -0.1) is 13.2 Å². The van der Waals surface area contributed by atoms with E-state index in [0.29, 0.717) is 26.3 Å². The molecule has 0 amide bonds. The fourth-order valence-corrected chi connectivity index (χ4v) is 0.440. The van der Waals surface area contributed by atoms with Crippen molar-refractivity contribution in [3.8, 4) is 0 Å². The molecule has 0 bridgehead atoms. The first-order valence-electron chi connectivity index (χ1n) is 5.44. The molecule has 0 aliphatic heterocycles. The fraction of sp³-hybridized carbons (Fsp3) is 0.600. The van der Waals surface area contributed by atoms with Gasteiger partial charge in [0.05, 0.1) is 13.2 Å². The lowest BCUT2D eigenvalue weighted by Crippen LogP contribution is -2.13. The van der Waals surface area contributed by atoms with Crippen molar-refractivity contribution in [3.05, 3.63) is 25.3 Å². The molecule has 116 valence electrons. The second kappa shape index (κ2) is 19.5. The van der Waals surface area contributed by atoms with Crippen LogP contribution < -0.4 is 11.0 Å². The van der Waals surface area contributed by atoms with E-state index in [1.54, 1.807) is 12.2 Å². The van der Waals surface area contributed by atoms with Crippen molar-refractivity contribution in [2.45, 2.75) is 13.8 Å². The number of hydrogen-bond acceptors (Lipinski definition) is 6. The Morgan fingerprint density at radius 3 is 1.42 bits per heavy atom. The number of rotatable bonds is 8. The molecule has 0 spiro atoms. The molecule has 4 N–H and O–H groups in total. The molecule has 9 heteroatoms. The van der Waals surface area contributed by atoms with Crippen LogP contribution in [0.15, 0.2) is 25.3 Å². The molecule has 0 atom stereocenters. The van der Waals surface area contributed by atoms with Crippen molar-refractivity contribution < 1.29 is 27.2 Å². The van der Waals surface area contributed by atoms with Crippen LogP contribution in [0, 0.1) is 0 Å². The third-order valence-electron chi connectivity index (χ3n) is 0.948. The molecule has 0 saturated carbocycles. The topological polar surface area (TPSA) is 117 Å². The predicted molar refractivity (Wildman–Crippen MR) is 73.8 cm³/mol. The molecule has 0 aliphatic carbocycles. The van der Waals surface area contributed by atoms with Crippen LogP contribution in [0.2, 0.25) is 0 Å². The van der Waals surface area contributed by atoms with Crippen molar-refractivity contribution in [2.75, 3.05) is 26.3 Å². The SMILES string of the molecule is C=CCNOCC.C=CCNOCC.O=S(=O)(O)O. The maximum atomic E-state index is 8.74. The summed E-state index contributed by atoms with van der Waals surface area (Å²) < 4.78 is 31.6. The summed E-state index contributed by atoms with van der Waals surface area (Å²) in [6, 6.07) is 0. The molecule has 19 heavy (non-hydrogen) atoms. The standard InChI is InChI=1S/2C5H11NO.H2O4S/c2*1-3-5-6-7-4-2;1-5(2,3)4/h2*3,6H,1,4-5H2,2H3;(H2,1,2,3,4). The number of nitrogens with one attached hydrogen (secondary N) is 2. The average Bonchev–Trinajstić information content (AvgIpc) is 2.29. The van der Waals surface area contributed by atoms with Gasteiger partial charge >= 0.3 is 10.4 Å². The van der Waals surface area contributed by atoms with E-state index in [0.717, 1.165) is 0 Å². The van der Waals surface area contributed by atoms with E-state index in [9.17, 15) is 0 Å². The van der Waals surface area contributed by atoms with E-state index >= 15 is 0 Å². The molecular formula is C10H24N2O6S. The maximum Gasteiger partial charge on any atom is 0.394 e. The molecule has 0 fully saturated rings. The monoisotopic (exact) mass is 300 g/mol. The second-order valence-corrected chi connectivity index (χ2v) is 3.48. The summed E-state index contributed by atoms with van der Waals surface area (Å²) in [6.45, 7) is 13.7. The average molecular weight is 300 g/mol. The van der Waals surface area contributed by atoms with Gasteiger partial charge in [-0.1, -0.05) is 12.2 Å². The van der Waals surface area contributed by atoms with Gasteiger partial charge in [0.1, 0.15) is 0 Å². The highest BCUT2D eigenvalue weighted by Gasteiger charge is 1.84. The van der Waals surface area contributed by atoms with Gasteiger partial charge in [-0.2, -0.15) is 19.4 Å². The van der Waals surface area contributed by atoms with Crippen LogP contribution in [0.3, 0.4) is 0 Å². The second-order valence-electron chi connectivity index (χ2n) is 2.59. The Kier molecular flexibility index (Phi) is 23.9. The minimum Gasteiger partial charge on any atom is -0.302 e. The minimum atomic E-state index is -4.67. The van der Waals surface area contributed by atoms with Crippen molar-refractivity contribution >= 4 is 10.4 Å². The zero-order chi connectivity index (χ0) is 15.6. The molecule has 0 radical (unpaired) electrons. The van der Waals surface area contributed by atoms with Crippen molar-refractivity contribution in [3.63, 3.8) is 0 Å². The Balaban J connectivity index is -0.000000206. The summed E-state index contributed by atoms with van der Waals surface area (Å²) in [5, 5.41) is 0. The van der Waals surface area contributed by atoms with Gasteiger partial charge in [-0.05, 0) is 13.8 Å². The summed E-state index contributed by atoms with van der Waals surface area (Å²) in [5.74, 6) is 0. The van der Waals surface area contributed by atoms with E-state index in [-0.39, 0.29) is 0 Å². The highest BCUT2D eigenvalue weighted by Crippen LogP contribution is 1.63. The first-order chi connectivity index (χ1) is 8.83. The van der Waals surface area contributed by atoms with Crippen molar-refractivity contribution in [1.29, 1.82) is 0 Å². The summed E-state index contributed by atoms with van der Waals surface area (Å²) in [6.07, 6.45) is 3.49. The van der Waals surface area contributed by atoms with E-state index in [2.05, 4.69) is 24.1 Å². The molecule has 0 aromatic heterocycles. The van der Waals surface area contributed by atoms with Gasteiger partial charge < -0.3 is 9.68 Å². The molecule has 8 nitrogen and oxygen atoms in total. The van der Waals surface area contributed by atoms with Crippen LogP contribution in [0.5, 0.6) is 0 Å². The first kappa shape index (κ1) is 23.3. The maximum absolute atomic E-state index is 8.74. The van der Waals surface area contributed by atoms with E-state index in [1.807, 2.05) is 13.8 Å². The Morgan fingerprint density at radius 2 is 1.26 bits per heavy atom. The molecule has 0 aliphatic rings. The number of hydroxylamine groups is 2. The Hall–Kier alpha value is -0.810. The molecule has 0 heterocycles. The molecule has 0 saturated heterocycles. The summed E-state index contributed by atoms with van der Waals surface area (Å²) >= 11 is 0. The smallest absolute Gasteiger partial charge is 0.302 e. The molecule has 0 unspecified atom stereocenters. The molecule has 0 rings (SSSR count). The lowest BCUT2D eigenvalue weighted by atomic mass is 10.7. The number of hydrogen-bond donors (Lipinski definition) is 4. The van der Waals surface area contributed by atoms with E-state index < -0.39 is 10.4 Å². The molecule has 0 aromatic rings. The van der Waals surface area contributed by atoms with E-state index in [1.165, 1.54) is 0 Å². The van der Waals surface area contributed by atoms with Gasteiger partial charge in [0.25, 0.3) is 0 Å². The van der Waals surface area contributed by atoms with Crippen LogP contribution in [0.1, 0.15) is 13.8 Å². The van der Waals surface area contributed by atoms with Crippen LogP contribution in [-0.4, -0.2) is 43.8 Å². The summed E-state index contributed by atoms with van der Waals surface area (Å²) in [4.78, 5) is 9.51. The molecule has 0 aromatic carbocycles. The minimum absolute atomic E-state index is 0.702. The summed E-state index contributed by atoms with van der Waals surface area (Å²) in [7, 11) is -4.67. The van der Waals surface area contributed by atoms with Gasteiger partial charge in [0.2, 0.25) is 0 Å². The zero-order valence-corrected chi connectivity index (χ0v) is 12.1. The third kappa shape index (κ3) is 76.7. The van der Waals surface area contributed by atoms with Crippen LogP contribution in [0.25, 0.3) is 0 Å². The Labute approximate surface area is 115 Å². The summed E-state index contributed by atoms with van der Waals surface area (Å²) in [5.41, 5.74) is 5.33. The van der Waals surface area contributed by atoms with Crippen molar-refractivity contribution in [1.82, 2.24) is 11.0 Å². The fourth-order valence-electron chi connectivity index (χ4n) is 0.440. The first-order valence-corrected chi connectivity index (χ1v) is 6.84. The third-order valence-corrected chi connectivity index (χ3v) is 0.948.